The molecule has 0 aromatic rings. The maximum atomic E-state index is 10.3. The number of rotatable bonds is 2. The minimum absolute atomic E-state index is 0.375. The molecule has 2 bridgehead atoms. The average molecular weight is 164 g/mol. The van der Waals surface area contributed by atoms with Gasteiger partial charge in [-0.1, -0.05) is 25.2 Å². The van der Waals surface area contributed by atoms with E-state index in [2.05, 4.69) is 25.7 Å². The summed E-state index contributed by atoms with van der Waals surface area (Å²) < 4.78 is 0. The van der Waals surface area contributed by atoms with Crippen molar-refractivity contribution in [1.82, 2.24) is 0 Å². The van der Waals surface area contributed by atoms with E-state index in [0.717, 1.165) is 12.8 Å². The summed E-state index contributed by atoms with van der Waals surface area (Å²) in [6.45, 7) is 5.93. The molecule has 0 saturated heterocycles. The first kappa shape index (κ1) is 8.06. The first-order valence-corrected chi connectivity index (χ1v) is 4.70. The van der Waals surface area contributed by atoms with Gasteiger partial charge in [-0.25, -0.2) is 0 Å². The monoisotopic (exact) mass is 164 g/mol. The standard InChI is InChI=1S/C11H16O/c1-3-6-11(12)9-4-5-10(11)8(2)7-9/h3-5,8-10,12H,1,6-7H2,2H3/t8-,9+,10-,11-/m1/s1. The van der Waals surface area contributed by atoms with Gasteiger partial charge in [0.25, 0.3) is 0 Å². The van der Waals surface area contributed by atoms with Crippen molar-refractivity contribution in [2.75, 3.05) is 0 Å². The van der Waals surface area contributed by atoms with E-state index in [1.54, 1.807) is 0 Å². The van der Waals surface area contributed by atoms with Crippen LogP contribution in [0.5, 0.6) is 0 Å². The Hall–Kier alpha value is -0.560. The van der Waals surface area contributed by atoms with E-state index in [1.807, 2.05) is 6.08 Å². The summed E-state index contributed by atoms with van der Waals surface area (Å²) in [5, 5.41) is 10.3. The summed E-state index contributed by atoms with van der Waals surface area (Å²) in [5.74, 6) is 1.40. The van der Waals surface area contributed by atoms with Gasteiger partial charge in [-0.15, -0.1) is 6.58 Å². The minimum Gasteiger partial charge on any atom is -0.388 e. The van der Waals surface area contributed by atoms with Crippen LogP contribution in [0.15, 0.2) is 24.8 Å². The zero-order chi connectivity index (χ0) is 8.77. The fourth-order valence-corrected chi connectivity index (χ4v) is 2.87. The van der Waals surface area contributed by atoms with Gasteiger partial charge in [-0.2, -0.15) is 0 Å². The van der Waals surface area contributed by atoms with Crippen molar-refractivity contribution in [2.24, 2.45) is 17.8 Å². The molecule has 1 heteroatoms. The zero-order valence-electron chi connectivity index (χ0n) is 7.53. The molecule has 1 nitrogen and oxygen atoms in total. The van der Waals surface area contributed by atoms with Gasteiger partial charge in [0, 0.05) is 11.8 Å². The molecule has 0 unspecified atom stereocenters. The van der Waals surface area contributed by atoms with Crippen LogP contribution in [0.3, 0.4) is 0 Å². The van der Waals surface area contributed by atoms with Gasteiger partial charge in [-0.05, 0) is 18.8 Å². The zero-order valence-corrected chi connectivity index (χ0v) is 7.53. The lowest BCUT2D eigenvalue weighted by molar-refractivity contribution is 0.00179. The van der Waals surface area contributed by atoms with Crippen LogP contribution in [0.1, 0.15) is 19.8 Å². The molecule has 2 rings (SSSR count). The van der Waals surface area contributed by atoms with Crippen molar-refractivity contribution < 1.29 is 5.11 Å². The maximum Gasteiger partial charge on any atom is 0.0809 e. The third-order valence-electron chi connectivity index (χ3n) is 3.48. The predicted octanol–water partition coefficient (Wildman–Crippen LogP) is 2.14. The summed E-state index contributed by atoms with van der Waals surface area (Å²) in [6.07, 6.45) is 8.08. The van der Waals surface area contributed by atoms with Crippen LogP contribution in [-0.4, -0.2) is 10.7 Å². The third-order valence-corrected chi connectivity index (χ3v) is 3.48. The van der Waals surface area contributed by atoms with E-state index in [1.165, 1.54) is 0 Å². The lowest BCUT2D eigenvalue weighted by atomic mass is 9.85. The summed E-state index contributed by atoms with van der Waals surface area (Å²) in [6, 6.07) is 0. The Morgan fingerprint density at radius 2 is 2.42 bits per heavy atom. The molecular formula is C11H16O. The predicted molar refractivity (Wildman–Crippen MR) is 49.7 cm³/mol. The molecule has 0 amide bonds. The lowest BCUT2D eigenvalue weighted by Crippen LogP contribution is -2.34. The molecule has 1 N–H and O–H groups in total. The van der Waals surface area contributed by atoms with Crippen LogP contribution in [0.4, 0.5) is 0 Å². The highest BCUT2D eigenvalue weighted by Gasteiger charge is 2.52. The fourth-order valence-electron chi connectivity index (χ4n) is 2.87. The molecule has 0 aromatic heterocycles. The molecule has 4 atom stereocenters. The van der Waals surface area contributed by atoms with Crippen LogP contribution >= 0.6 is 0 Å². The lowest BCUT2D eigenvalue weighted by Gasteiger charge is -2.27. The van der Waals surface area contributed by atoms with E-state index < -0.39 is 5.60 Å². The molecule has 0 aromatic carbocycles. The van der Waals surface area contributed by atoms with Crippen molar-refractivity contribution >= 4 is 0 Å². The Morgan fingerprint density at radius 1 is 1.67 bits per heavy atom. The molecule has 0 aliphatic heterocycles. The largest absolute Gasteiger partial charge is 0.388 e. The van der Waals surface area contributed by atoms with Crippen LogP contribution in [-0.2, 0) is 0 Å². The molecule has 0 heterocycles. The Labute approximate surface area is 73.8 Å². The second-order valence-corrected chi connectivity index (χ2v) is 4.21. The molecule has 1 fully saturated rings. The normalized spacial score (nSPS) is 50.0. The molecule has 1 saturated carbocycles. The van der Waals surface area contributed by atoms with E-state index in [0.29, 0.717) is 17.8 Å². The highest BCUT2D eigenvalue weighted by Crippen LogP contribution is 2.52. The Morgan fingerprint density at radius 3 is 2.83 bits per heavy atom. The highest BCUT2D eigenvalue weighted by molar-refractivity contribution is 5.22. The number of hydrogen-bond donors (Lipinski definition) is 1. The third kappa shape index (κ3) is 0.831. The fraction of sp³-hybridized carbons (Fsp3) is 0.636. The van der Waals surface area contributed by atoms with Gasteiger partial charge < -0.3 is 5.11 Å². The van der Waals surface area contributed by atoms with Crippen molar-refractivity contribution in [1.29, 1.82) is 0 Å². The molecule has 66 valence electrons. The molecule has 2 aliphatic carbocycles. The maximum absolute atomic E-state index is 10.3. The molecule has 12 heavy (non-hydrogen) atoms. The van der Waals surface area contributed by atoms with Crippen molar-refractivity contribution in [2.45, 2.75) is 25.4 Å². The van der Waals surface area contributed by atoms with Gasteiger partial charge in [0.2, 0.25) is 0 Å². The van der Waals surface area contributed by atoms with Crippen LogP contribution in [0.2, 0.25) is 0 Å². The second-order valence-electron chi connectivity index (χ2n) is 4.21. The minimum atomic E-state index is -0.485. The summed E-state index contributed by atoms with van der Waals surface area (Å²) in [7, 11) is 0. The number of hydrogen-bond acceptors (Lipinski definition) is 1. The Balaban J connectivity index is 2.25. The van der Waals surface area contributed by atoms with Gasteiger partial charge in [0.15, 0.2) is 0 Å². The van der Waals surface area contributed by atoms with Crippen LogP contribution < -0.4 is 0 Å². The molecule has 0 spiro atoms. The average Bonchev–Trinajstić information content (AvgIpc) is 2.41. The summed E-state index contributed by atoms with van der Waals surface area (Å²) >= 11 is 0. The second kappa shape index (κ2) is 2.46. The van der Waals surface area contributed by atoms with Crippen molar-refractivity contribution in [3.8, 4) is 0 Å². The van der Waals surface area contributed by atoms with Gasteiger partial charge >= 0.3 is 0 Å². The van der Waals surface area contributed by atoms with Crippen molar-refractivity contribution in [3.63, 3.8) is 0 Å². The topological polar surface area (TPSA) is 20.2 Å². The molecule has 0 radical (unpaired) electrons. The van der Waals surface area contributed by atoms with Crippen LogP contribution in [0.25, 0.3) is 0 Å². The summed E-state index contributed by atoms with van der Waals surface area (Å²) in [4.78, 5) is 0. The van der Waals surface area contributed by atoms with E-state index >= 15 is 0 Å². The molecular weight excluding hydrogens is 148 g/mol. The van der Waals surface area contributed by atoms with Crippen LogP contribution in [0, 0.1) is 17.8 Å². The SMILES string of the molecule is C=CC[C@]1(O)[C@@H]2C=C[C@H]1C[C@H]2C. The van der Waals surface area contributed by atoms with Crippen molar-refractivity contribution in [3.05, 3.63) is 24.8 Å². The van der Waals surface area contributed by atoms with Gasteiger partial charge in [0.05, 0.1) is 5.60 Å². The van der Waals surface area contributed by atoms with E-state index in [4.69, 9.17) is 0 Å². The summed E-state index contributed by atoms with van der Waals surface area (Å²) in [5.41, 5.74) is -0.485. The van der Waals surface area contributed by atoms with E-state index in [-0.39, 0.29) is 0 Å². The van der Waals surface area contributed by atoms with Gasteiger partial charge in [-0.3, -0.25) is 0 Å². The Kier molecular flexibility index (Phi) is 1.65. The number of fused-ring (bicyclic) bond motifs is 2. The smallest absolute Gasteiger partial charge is 0.0809 e. The molecule has 2 aliphatic rings. The van der Waals surface area contributed by atoms with E-state index in [9.17, 15) is 5.11 Å². The Bertz CT molecular complexity index is 231. The number of aliphatic hydroxyl groups is 1. The quantitative estimate of drug-likeness (QED) is 0.620. The van der Waals surface area contributed by atoms with Gasteiger partial charge in [0.1, 0.15) is 0 Å². The highest BCUT2D eigenvalue weighted by atomic mass is 16.3. The first-order chi connectivity index (χ1) is 5.68. The first-order valence-electron chi connectivity index (χ1n) is 4.70.